The van der Waals surface area contributed by atoms with Crippen LogP contribution in [-0.2, 0) is 6.61 Å². The summed E-state index contributed by atoms with van der Waals surface area (Å²) in [5.74, 6) is 1.42. The van der Waals surface area contributed by atoms with Crippen molar-refractivity contribution in [1.29, 1.82) is 0 Å². The molecule has 0 saturated heterocycles. The molecule has 100 valence electrons. The second kappa shape index (κ2) is 6.95. The van der Waals surface area contributed by atoms with E-state index in [0.717, 1.165) is 18.7 Å². The van der Waals surface area contributed by atoms with E-state index in [2.05, 4.69) is 31.2 Å². The van der Waals surface area contributed by atoms with Crippen molar-refractivity contribution in [2.75, 3.05) is 6.54 Å². The van der Waals surface area contributed by atoms with Crippen LogP contribution < -0.4 is 10.5 Å². The minimum Gasteiger partial charge on any atom is -0.489 e. The van der Waals surface area contributed by atoms with Gasteiger partial charge < -0.3 is 10.5 Å². The number of hydrogen-bond acceptors (Lipinski definition) is 2. The standard InChI is InChI=1S/C17H21NO/c1-14(11-12-18)16-7-9-17(10-8-16)19-13-15-5-3-2-4-6-15/h2-10,14H,11-13,18H2,1H3/t14-/m1/s1. The molecule has 2 nitrogen and oxygen atoms in total. The van der Waals surface area contributed by atoms with Crippen LogP contribution in [0.4, 0.5) is 0 Å². The van der Waals surface area contributed by atoms with E-state index in [1.165, 1.54) is 11.1 Å². The van der Waals surface area contributed by atoms with Crippen LogP contribution in [0, 0.1) is 0 Å². The van der Waals surface area contributed by atoms with Gasteiger partial charge in [0.1, 0.15) is 12.4 Å². The third kappa shape index (κ3) is 4.11. The Morgan fingerprint density at radius 1 is 1.00 bits per heavy atom. The summed E-state index contributed by atoms with van der Waals surface area (Å²) in [6.45, 7) is 3.54. The van der Waals surface area contributed by atoms with Gasteiger partial charge in [-0.25, -0.2) is 0 Å². The molecule has 0 bridgehead atoms. The van der Waals surface area contributed by atoms with Gasteiger partial charge in [0.25, 0.3) is 0 Å². The molecule has 0 aliphatic carbocycles. The highest BCUT2D eigenvalue weighted by atomic mass is 16.5. The highest BCUT2D eigenvalue weighted by Gasteiger charge is 2.04. The first-order valence-corrected chi connectivity index (χ1v) is 6.76. The van der Waals surface area contributed by atoms with Crippen LogP contribution in [0.1, 0.15) is 30.4 Å². The Balaban J connectivity index is 1.92. The molecule has 0 heterocycles. The van der Waals surface area contributed by atoms with Crippen LogP contribution in [-0.4, -0.2) is 6.54 Å². The normalized spacial score (nSPS) is 12.1. The summed E-state index contributed by atoms with van der Waals surface area (Å²) in [5, 5.41) is 0. The monoisotopic (exact) mass is 255 g/mol. The van der Waals surface area contributed by atoms with Gasteiger partial charge in [-0.05, 0) is 42.1 Å². The van der Waals surface area contributed by atoms with Crippen molar-refractivity contribution in [3.8, 4) is 5.75 Å². The van der Waals surface area contributed by atoms with Gasteiger partial charge in [-0.15, -0.1) is 0 Å². The van der Waals surface area contributed by atoms with E-state index < -0.39 is 0 Å². The lowest BCUT2D eigenvalue weighted by molar-refractivity contribution is 0.306. The second-order valence-electron chi connectivity index (χ2n) is 4.82. The van der Waals surface area contributed by atoms with Crippen molar-refractivity contribution in [3.63, 3.8) is 0 Å². The largest absolute Gasteiger partial charge is 0.489 e. The van der Waals surface area contributed by atoms with Gasteiger partial charge in [-0.3, -0.25) is 0 Å². The molecular weight excluding hydrogens is 234 g/mol. The third-order valence-electron chi connectivity index (χ3n) is 3.30. The summed E-state index contributed by atoms with van der Waals surface area (Å²) < 4.78 is 5.76. The molecule has 0 fully saturated rings. The van der Waals surface area contributed by atoms with Gasteiger partial charge >= 0.3 is 0 Å². The van der Waals surface area contributed by atoms with Gasteiger partial charge in [0, 0.05) is 0 Å². The van der Waals surface area contributed by atoms with Crippen molar-refractivity contribution in [2.45, 2.75) is 25.9 Å². The third-order valence-corrected chi connectivity index (χ3v) is 3.30. The highest BCUT2D eigenvalue weighted by molar-refractivity contribution is 5.29. The van der Waals surface area contributed by atoms with Crippen molar-refractivity contribution in [1.82, 2.24) is 0 Å². The quantitative estimate of drug-likeness (QED) is 0.854. The van der Waals surface area contributed by atoms with Crippen molar-refractivity contribution < 1.29 is 4.74 Å². The summed E-state index contributed by atoms with van der Waals surface area (Å²) in [6, 6.07) is 18.5. The lowest BCUT2D eigenvalue weighted by Gasteiger charge is -2.12. The van der Waals surface area contributed by atoms with Crippen molar-refractivity contribution in [3.05, 3.63) is 65.7 Å². The molecule has 0 spiro atoms. The van der Waals surface area contributed by atoms with Crippen LogP contribution in [0.5, 0.6) is 5.75 Å². The smallest absolute Gasteiger partial charge is 0.119 e. The number of hydrogen-bond donors (Lipinski definition) is 1. The van der Waals surface area contributed by atoms with Crippen LogP contribution in [0.2, 0.25) is 0 Å². The average Bonchev–Trinajstić information content (AvgIpc) is 2.47. The molecule has 0 unspecified atom stereocenters. The molecule has 0 aliphatic heterocycles. The molecule has 2 N–H and O–H groups in total. The maximum atomic E-state index is 5.76. The van der Waals surface area contributed by atoms with E-state index in [1.54, 1.807) is 0 Å². The Labute approximate surface area is 115 Å². The molecule has 19 heavy (non-hydrogen) atoms. The summed E-state index contributed by atoms with van der Waals surface area (Å²) >= 11 is 0. The number of benzene rings is 2. The Morgan fingerprint density at radius 2 is 1.68 bits per heavy atom. The van der Waals surface area contributed by atoms with E-state index >= 15 is 0 Å². The zero-order valence-corrected chi connectivity index (χ0v) is 11.4. The molecule has 0 amide bonds. The van der Waals surface area contributed by atoms with Gasteiger partial charge in [0.05, 0.1) is 0 Å². The zero-order valence-electron chi connectivity index (χ0n) is 11.4. The highest BCUT2D eigenvalue weighted by Crippen LogP contribution is 2.21. The Kier molecular flexibility index (Phi) is 4.99. The fourth-order valence-corrected chi connectivity index (χ4v) is 2.05. The molecule has 2 aromatic rings. The van der Waals surface area contributed by atoms with E-state index in [9.17, 15) is 0 Å². The Morgan fingerprint density at radius 3 is 2.32 bits per heavy atom. The number of ether oxygens (including phenoxy) is 1. The summed E-state index contributed by atoms with van der Waals surface area (Å²) in [4.78, 5) is 0. The van der Waals surface area contributed by atoms with E-state index in [4.69, 9.17) is 10.5 Å². The topological polar surface area (TPSA) is 35.2 Å². The predicted molar refractivity (Wildman–Crippen MR) is 79.3 cm³/mol. The lowest BCUT2D eigenvalue weighted by atomic mass is 9.98. The SMILES string of the molecule is C[C@H](CCN)c1ccc(OCc2ccccc2)cc1. The molecule has 2 heteroatoms. The molecule has 0 saturated carbocycles. The number of nitrogens with two attached hydrogens (primary N) is 1. The lowest BCUT2D eigenvalue weighted by Crippen LogP contribution is -2.04. The minimum absolute atomic E-state index is 0.508. The van der Waals surface area contributed by atoms with Crippen molar-refractivity contribution in [2.24, 2.45) is 5.73 Å². The van der Waals surface area contributed by atoms with E-state index in [-0.39, 0.29) is 0 Å². The van der Waals surface area contributed by atoms with Crippen molar-refractivity contribution >= 4 is 0 Å². The summed E-state index contributed by atoms with van der Waals surface area (Å²) in [5.41, 5.74) is 8.08. The molecular formula is C17H21NO. The average molecular weight is 255 g/mol. The zero-order chi connectivity index (χ0) is 13.5. The minimum atomic E-state index is 0.508. The van der Waals surface area contributed by atoms with Gasteiger partial charge in [-0.1, -0.05) is 49.4 Å². The maximum Gasteiger partial charge on any atom is 0.119 e. The van der Waals surface area contributed by atoms with Crippen LogP contribution in [0.3, 0.4) is 0 Å². The maximum absolute atomic E-state index is 5.76. The predicted octanol–water partition coefficient (Wildman–Crippen LogP) is 3.72. The first-order valence-electron chi connectivity index (χ1n) is 6.76. The fraction of sp³-hybridized carbons (Fsp3) is 0.294. The summed E-state index contributed by atoms with van der Waals surface area (Å²) in [6.07, 6.45) is 1.02. The first kappa shape index (κ1) is 13.6. The van der Waals surface area contributed by atoms with Crippen LogP contribution in [0.25, 0.3) is 0 Å². The molecule has 0 aliphatic rings. The van der Waals surface area contributed by atoms with Gasteiger partial charge in [0.2, 0.25) is 0 Å². The molecule has 0 radical (unpaired) electrons. The van der Waals surface area contributed by atoms with E-state index in [1.807, 2.05) is 30.3 Å². The van der Waals surface area contributed by atoms with Crippen LogP contribution >= 0.6 is 0 Å². The molecule has 0 aromatic heterocycles. The summed E-state index contributed by atoms with van der Waals surface area (Å²) in [7, 11) is 0. The first-order chi connectivity index (χ1) is 9.29. The Hall–Kier alpha value is -1.80. The molecule has 2 aromatic carbocycles. The fourth-order valence-electron chi connectivity index (χ4n) is 2.05. The molecule has 1 atom stereocenters. The van der Waals surface area contributed by atoms with E-state index in [0.29, 0.717) is 12.5 Å². The number of rotatable bonds is 6. The Bertz CT molecular complexity index is 478. The second-order valence-corrected chi connectivity index (χ2v) is 4.82. The molecule has 2 rings (SSSR count). The van der Waals surface area contributed by atoms with Crippen LogP contribution in [0.15, 0.2) is 54.6 Å². The van der Waals surface area contributed by atoms with Gasteiger partial charge in [-0.2, -0.15) is 0 Å². The van der Waals surface area contributed by atoms with Gasteiger partial charge in [0.15, 0.2) is 0 Å².